The Morgan fingerprint density at radius 3 is 2.86 bits per heavy atom. The lowest BCUT2D eigenvalue weighted by molar-refractivity contribution is -0.684. The minimum atomic E-state index is -0.595. The van der Waals surface area contributed by atoms with E-state index < -0.39 is 4.92 Å². The predicted octanol–water partition coefficient (Wildman–Crippen LogP) is -0.234. The lowest BCUT2D eigenvalue weighted by Crippen LogP contribution is -2.40. The molecular weight excluding hydrogens is 276 g/mol. The average Bonchev–Trinajstić information content (AvgIpc) is 2.81. The number of aromatic nitrogens is 3. The number of rotatable bonds is 5. The second-order valence-electron chi connectivity index (χ2n) is 4.14. The molecule has 0 aliphatic heterocycles. The van der Waals surface area contributed by atoms with Gasteiger partial charge in [0.15, 0.2) is 18.1 Å². The molecule has 0 aromatic carbocycles. The van der Waals surface area contributed by atoms with Gasteiger partial charge >= 0.3 is 11.9 Å². The summed E-state index contributed by atoms with van der Waals surface area (Å²) < 4.78 is 2.96. The second kappa shape index (κ2) is 6.37. The maximum atomic E-state index is 11.6. The summed E-state index contributed by atoms with van der Waals surface area (Å²) in [7, 11) is 1.49. The van der Waals surface area contributed by atoms with Crippen molar-refractivity contribution in [3.63, 3.8) is 0 Å². The minimum Gasteiger partial charge on any atom is -0.390 e. The van der Waals surface area contributed by atoms with Crippen LogP contribution < -0.4 is 9.99 Å². The van der Waals surface area contributed by atoms with Crippen molar-refractivity contribution in [3.8, 4) is 0 Å². The fraction of sp³-hybridized carbons (Fsp3) is 0.167. The van der Waals surface area contributed by atoms with Gasteiger partial charge in [0.1, 0.15) is 6.20 Å². The third-order valence-corrected chi connectivity index (χ3v) is 2.65. The maximum absolute atomic E-state index is 11.6. The molecule has 9 heteroatoms. The summed E-state index contributed by atoms with van der Waals surface area (Å²) in [5.41, 5.74) is 2.76. The number of amides is 1. The molecule has 2 rings (SSSR count). The van der Waals surface area contributed by atoms with Crippen molar-refractivity contribution in [2.24, 2.45) is 12.1 Å². The van der Waals surface area contributed by atoms with Gasteiger partial charge in [0.2, 0.25) is 6.54 Å². The van der Waals surface area contributed by atoms with E-state index in [1.54, 1.807) is 17.0 Å². The van der Waals surface area contributed by atoms with Gasteiger partial charge in [-0.25, -0.2) is 9.99 Å². The molecule has 9 nitrogen and oxygen atoms in total. The number of nitrogens with one attached hydrogen (secondary N) is 1. The van der Waals surface area contributed by atoms with Crippen molar-refractivity contribution in [1.29, 1.82) is 0 Å². The molecule has 0 unspecified atom stereocenters. The lowest BCUT2D eigenvalue weighted by atomic mass is 10.4. The Hall–Kier alpha value is -3.10. The number of nitro groups is 1. The molecule has 0 aliphatic carbocycles. The molecule has 0 atom stereocenters. The third kappa shape index (κ3) is 3.69. The SMILES string of the molecule is Cn1c(/C=N/NC(=O)C[n+]2ccccc2)cnc1[N+](=O)[O-]. The van der Waals surface area contributed by atoms with E-state index in [-0.39, 0.29) is 18.4 Å². The molecule has 0 saturated heterocycles. The van der Waals surface area contributed by atoms with Gasteiger partial charge in [-0.3, -0.25) is 4.79 Å². The monoisotopic (exact) mass is 289 g/mol. The summed E-state index contributed by atoms with van der Waals surface area (Å²) in [5, 5.41) is 14.4. The van der Waals surface area contributed by atoms with E-state index in [1.165, 1.54) is 24.0 Å². The van der Waals surface area contributed by atoms with Gasteiger partial charge in [-0.05, 0) is 4.92 Å². The van der Waals surface area contributed by atoms with Crippen molar-refractivity contribution >= 4 is 18.1 Å². The van der Waals surface area contributed by atoms with E-state index in [4.69, 9.17) is 0 Å². The molecule has 0 fully saturated rings. The van der Waals surface area contributed by atoms with Crippen LogP contribution in [-0.2, 0) is 18.4 Å². The Morgan fingerprint density at radius 1 is 1.52 bits per heavy atom. The maximum Gasteiger partial charge on any atom is 0.434 e. The lowest BCUT2D eigenvalue weighted by Gasteiger charge is -1.96. The molecular formula is C12H13N6O3+. The van der Waals surface area contributed by atoms with Crippen LogP contribution >= 0.6 is 0 Å². The second-order valence-corrected chi connectivity index (χ2v) is 4.14. The Balaban J connectivity index is 1.93. The average molecular weight is 289 g/mol. The van der Waals surface area contributed by atoms with Crippen LogP contribution in [0.3, 0.4) is 0 Å². The molecule has 0 radical (unpaired) electrons. The van der Waals surface area contributed by atoms with Crippen molar-refractivity contribution < 1.29 is 14.3 Å². The highest BCUT2D eigenvalue weighted by Crippen LogP contribution is 2.08. The molecule has 2 aromatic heterocycles. The standard InChI is InChI=1S/C12H12N6O3/c1-16-10(7-13-12(16)18(20)21)8-14-15-11(19)9-17-5-3-2-4-6-17/h2-8H,9H2,1H3/p+1/b14-8+. The summed E-state index contributed by atoms with van der Waals surface area (Å²) in [5.74, 6) is -0.596. The van der Waals surface area contributed by atoms with Crippen molar-refractivity contribution in [3.05, 3.63) is 52.6 Å². The van der Waals surface area contributed by atoms with E-state index in [9.17, 15) is 14.9 Å². The Labute approximate surface area is 119 Å². The largest absolute Gasteiger partial charge is 0.434 e. The molecule has 1 amide bonds. The zero-order valence-electron chi connectivity index (χ0n) is 11.2. The molecule has 1 N–H and O–H groups in total. The molecule has 0 bridgehead atoms. The van der Waals surface area contributed by atoms with E-state index in [0.29, 0.717) is 5.69 Å². The van der Waals surface area contributed by atoms with Gasteiger partial charge in [0.25, 0.3) is 0 Å². The van der Waals surface area contributed by atoms with E-state index in [0.717, 1.165) is 0 Å². The highest BCUT2D eigenvalue weighted by Gasteiger charge is 2.15. The van der Waals surface area contributed by atoms with Crippen LogP contribution in [0.4, 0.5) is 5.95 Å². The number of pyridine rings is 1. The van der Waals surface area contributed by atoms with Gasteiger partial charge in [0.05, 0.1) is 13.3 Å². The van der Waals surface area contributed by atoms with Crippen LogP contribution in [0.2, 0.25) is 0 Å². The highest BCUT2D eigenvalue weighted by atomic mass is 16.6. The van der Waals surface area contributed by atoms with Crippen LogP contribution in [-0.4, -0.2) is 26.6 Å². The number of imidazole rings is 1. The first-order valence-corrected chi connectivity index (χ1v) is 6.00. The predicted molar refractivity (Wildman–Crippen MR) is 72.2 cm³/mol. The van der Waals surface area contributed by atoms with Crippen LogP contribution in [0.1, 0.15) is 5.69 Å². The number of nitrogens with zero attached hydrogens (tertiary/aromatic N) is 5. The number of carbonyl (C=O) groups excluding carboxylic acids is 1. The van der Waals surface area contributed by atoms with E-state index in [2.05, 4.69) is 15.5 Å². The summed E-state index contributed by atoms with van der Waals surface area (Å²) in [4.78, 5) is 25.3. The number of hydrogen-bond acceptors (Lipinski definition) is 5. The van der Waals surface area contributed by atoms with Crippen molar-refractivity contribution in [2.75, 3.05) is 0 Å². The Bertz CT molecular complexity index is 680. The normalized spacial score (nSPS) is 10.7. The molecule has 2 aromatic rings. The molecule has 21 heavy (non-hydrogen) atoms. The van der Waals surface area contributed by atoms with Gasteiger partial charge in [-0.2, -0.15) is 9.67 Å². The first-order valence-electron chi connectivity index (χ1n) is 6.00. The van der Waals surface area contributed by atoms with Crippen LogP contribution in [0.15, 0.2) is 41.9 Å². The fourth-order valence-corrected chi connectivity index (χ4v) is 1.61. The fourth-order valence-electron chi connectivity index (χ4n) is 1.61. The van der Waals surface area contributed by atoms with Gasteiger partial charge in [-0.1, -0.05) is 11.1 Å². The van der Waals surface area contributed by atoms with Crippen LogP contribution in [0.25, 0.3) is 0 Å². The summed E-state index contributed by atoms with van der Waals surface area (Å²) >= 11 is 0. The third-order valence-electron chi connectivity index (χ3n) is 2.65. The molecule has 0 spiro atoms. The first-order chi connectivity index (χ1) is 10.1. The summed E-state index contributed by atoms with van der Waals surface area (Å²) in [6, 6.07) is 5.47. The van der Waals surface area contributed by atoms with E-state index >= 15 is 0 Å². The van der Waals surface area contributed by atoms with Crippen molar-refractivity contribution in [2.45, 2.75) is 6.54 Å². The van der Waals surface area contributed by atoms with Crippen LogP contribution in [0.5, 0.6) is 0 Å². The Morgan fingerprint density at radius 2 is 2.24 bits per heavy atom. The summed E-state index contributed by atoms with van der Waals surface area (Å²) in [6.45, 7) is 0.129. The minimum absolute atomic E-state index is 0.129. The van der Waals surface area contributed by atoms with Gasteiger partial charge in [0, 0.05) is 12.1 Å². The zero-order chi connectivity index (χ0) is 15.2. The summed E-state index contributed by atoms with van der Waals surface area (Å²) in [6.07, 6.45) is 6.12. The quantitative estimate of drug-likeness (QED) is 0.355. The molecule has 0 saturated carbocycles. The number of carbonyl (C=O) groups is 1. The van der Waals surface area contributed by atoms with Gasteiger partial charge in [-0.15, -0.1) is 0 Å². The topological polar surface area (TPSA) is 106 Å². The smallest absolute Gasteiger partial charge is 0.390 e. The first kappa shape index (κ1) is 14.3. The number of hydrazone groups is 1. The van der Waals surface area contributed by atoms with E-state index in [1.807, 2.05) is 18.2 Å². The zero-order valence-corrected chi connectivity index (χ0v) is 11.2. The molecule has 108 valence electrons. The Kier molecular flexibility index (Phi) is 4.34. The molecule has 2 heterocycles. The molecule has 0 aliphatic rings. The highest BCUT2D eigenvalue weighted by molar-refractivity contribution is 5.80. The van der Waals surface area contributed by atoms with Gasteiger partial charge < -0.3 is 10.1 Å². The number of hydrogen-bond donors (Lipinski definition) is 1. The van der Waals surface area contributed by atoms with Crippen molar-refractivity contribution in [1.82, 2.24) is 15.0 Å². The van der Waals surface area contributed by atoms with Crippen LogP contribution in [0, 0.1) is 10.1 Å².